The number of aryl methyl sites for hydroxylation is 1. The molecule has 242 valence electrons. The second-order valence-electron chi connectivity index (χ2n) is 12.8. The minimum atomic E-state index is -4.69. The lowest BCUT2D eigenvalue weighted by atomic mass is 9.70. The van der Waals surface area contributed by atoms with E-state index in [-0.39, 0.29) is 37.5 Å². The normalized spacial score (nSPS) is 23.5. The molecule has 0 unspecified atom stereocenters. The van der Waals surface area contributed by atoms with Gasteiger partial charge in [0.2, 0.25) is 17.7 Å². The molecule has 6 rings (SSSR count). The first kappa shape index (κ1) is 31.5. The van der Waals surface area contributed by atoms with Gasteiger partial charge in [-0.15, -0.1) is 0 Å². The third-order valence-electron chi connectivity index (χ3n) is 9.25. The van der Waals surface area contributed by atoms with E-state index in [1.165, 1.54) is 0 Å². The fourth-order valence-electron chi connectivity index (χ4n) is 6.19. The Morgan fingerprint density at radius 3 is 2.36 bits per heavy atom. The number of amides is 1. The van der Waals surface area contributed by atoms with Crippen molar-refractivity contribution >= 4 is 11.6 Å². The van der Waals surface area contributed by atoms with Gasteiger partial charge in [0.25, 0.3) is 0 Å². The summed E-state index contributed by atoms with van der Waals surface area (Å²) < 4.78 is 71.7. The Hall–Kier alpha value is -3.48. The van der Waals surface area contributed by atoms with Crippen molar-refractivity contribution in [1.82, 2.24) is 20.1 Å². The molecule has 2 heterocycles. The summed E-state index contributed by atoms with van der Waals surface area (Å²) in [6, 6.07) is 7.54. The Kier molecular flexibility index (Phi) is 8.66. The summed E-state index contributed by atoms with van der Waals surface area (Å²) in [6.45, 7) is 0.391. The Morgan fingerprint density at radius 1 is 0.978 bits per heavy atom. The van der Waals surface area contributed by atoms with Gasteiger partial charge in [0.05, 0.1) is 0 Å². The summed E-state index contributed by atoms with van der Waals surface area (Å²) in [6.07, 6.45) is 2.19. The van der Waals surface area contributed by atoms with Crippen molar-refractivity contribution in [1.29, 1.82) is 0 Å². The molecule has 0 saturated heterocycles. The van der Waals surface area contributed by atoms with Crippen LogP contribution in [-0.4, -0.2) is 55.4 Å². The van der Waals surface area contributed by atoms with E-state index in [1.54, 1.807) is 17.3 Å². The van der Waals surface area contributed by atoms with E-state index in [9.17, 15) is 31.9 Å². The number of hydrogen-bond acceptors (Lipinski definition) is 7. The fraction of sp³-hybridized carbons (Fsp3) is 0.594. The Bertz CT molecular complexity index is 1470. The van der Waals surface area contributed by atoms with Crippen LogP contribution in [0.2, 0.25) is 0 Å². The highest BCUT2D eigenvalue weighted by molar-refractivity contribution is 5.95. The SMILES string of the molecule is O=C(C1CCC(F)(F)CC1)N(CCCCCc1noc(C2CC(O)(C(F)(F)F)C2)n1)c1cccc(-c2cnc(C3CC3)nc2)c1. The Labute approximate surface area is 257 Å². The summed E-state index contributed by atoms with van der Waals surface area (Å²) >= 11 is 0. The van der Waals surface area contributed by atoms with Crippen LogP contribution < -0.4 is 4.90 Å². The fourth-order valence-corrected chi connectivity index (χ4v) is 6.19. The summed E-state index contributed by atoms with van der Waals surface area (Å²) in [5, 5.41) is 13.6. The molecule has 8 nitrogen and oxygen atoms in total. The van der Waals surface area contributed by atoms with Gasteiger partial charge >= 0.3 is 6.18 Å². The summed E-state index contributed by atoms with van der Waals surface area (Å²) in [5.74, 6) is -2.25. The predicted octanol–water partition coefficient (Wildman–Crippen LogP) is 7.15. The zero-order valence-electron chi connectivity index (χ0n) is 24.8. The van der Waals surface area contributed by atoms with E-state index in [4.69, 9.17) is 4.52 Å². The molecule has 3 aliphatic carbocycles. The van der Waals surface area contributed by atoms with Gasteiger partial charge in [-0.2, -0.15) is 18.2 Å². The zero-order valence-corrected chi connectivity index (χ0v) is 24.8. The van der Waals surface area contributed by atoms with Crippen molar-refractivity contribution in [2.45, 2.75) is 107 Å². The molecule has 2 aromatic heterocycles. The number of anilines is 1. The highest BCUT2D eigenvalue weighted by Crippen LogP contribution is 2.52. The van der Waals surface area contributed by atoms with Crippen LogP contribution >= 0.6 is 0 Å². The molecule has 0 aliphatic heterocycles. The third kappa shape index (κ3) is 7.18. The zero-order chi connectivity index (χ0) is 31.8. The first-order valence-corrected chi connectivity index (χ1v) is 15.6. The number of aliphatic hydroxyl groups is 1. The largest absolute Gasteiger partial charge is 0.417 e. The number of benzene rings is 1. The molecule has 1 N–H and O–H groups in total. The summed E-state index contributed by atoms with van der Waals surface area (Å²) in [7, 11) is 0. The first-order chi connectivity index (χ1) is 21.4. The molecule has 0 atom stereocenters. The van der Waals surface area contributed by atoms with E-state index in [0.29, 0.717) is 49.7 Å². The van der Waals surface area contributed by atoms with E-state index in [2.05, 4.69) is 20.1 Å². The minimum absolute atomic E-state index is 0.0983. The number of rotatable bonds is 11. The standard InChI is InChI=1S/C32H36F5N5O3/c33-31(34)12-10-21(11-13-31)29(43)42(25-6-4-5-22(15-25)24-18-38-27(39-19-24)20-8-9-20)14-3-1-2-7-26-40-28(45-41-26)23-16-30(44,17-23)32(35,36)37/h4-6,15,18-21,23,44H,1-3,7-14,16-17H2. The van der Waals surface area contributed by atoms with E-state index >= 15 is 0 Å². The van der Waals surface area contributed by atoms with Crippen LogP contribution in [0.3, 0.4) is 0 Å². The van der Waals surface area contributed by atoms with Crippen molar-refractivity contribution in [3.05, 3.63) is 54.2 Å². The van der Waals surface area contributed by atoms with Crippen LogP contribution in [0.1, 0.15) is 100 Å². The maximum Gasteiger partial charge on any atom is 0.417 e. The van der Waals surface area contributed by atoms with Gasteiger partial charge in [-0.05, 0) is 69.1 Å². The quantitative estimate of drug-likeness (QED) is 0.177. The molecule has 45 heavy (non-hydrogen) atoms. The Morgan fingerprint density at radius 2 is 1.69 bits per heavy atom. The molecule has 13 heteroatoms. The topological polar surface area (TPSA) is 105 Å². The van der Waals surface area contributed by atoms with E-state index < -0.39 is 42.4 Å². The van der Waals surface area contributed by atoms with Gasteiger partial charge in [-0.1, -0.05) is 23.7 Å². The molecule has 3 fully saturated rings. The van der Waals surface area contributed by atoms with Crippen LogP contribution in [0, 0.1) is 5.92 Å². The van der Waals surface area contributed by atoms with Gasteiger partial charge in [0, 0.05) is 67.2 Å². The minimum Gasteiger partial charge on any atom is -0.380 e. The van der Waals surface area contributed by atoms with Gasteiger partial charge in [-0.3, -0.25) is 4.79 Å². The molecule has 3 saturated carbocycles. The monoisotopic (exact) mass is 633 g/mol. The van der Waals surface area contributed by atoms with Crippen molar-refractivity contribution in [3.8, 4) is 11.1 Å². The van der Waals surface area contributed by atoms with Gasteiger partial charge in [-0.25, -0.2) is 18.7 Å². The molecule has 1 aromatic carbocycles. The highest BCUT2D eigenvalue weighted by atomic mass is 19.4. The lowest BCUT2D eigenvalue weighted by Crippen LogP contribution is -2.54. The van der Waals surface area contributed by atoms with Gasteiger partial charge in [0.15, 0.2) is 11.4 Å². The average molecular weight is 634 g/mol. The molecule has 0 bridgehead atoms. The van der Waals surface area contributed by atoms with Gasteiger partial charge < -0.3 is 14.5 Å². The molecular weight excluding hydrogens is 597 g/mol. The maximum atomic E-state index is 13.9. The molecule has 0 spiro atoms. The number of aromatic nitrogens is 4. The second kappa shape index (κ2) is 12.4. The van der Waals surface area contributed by atoms with E-state index in [0.717, 1.165) is 29.8 Å². The van der Waals surface area contributed by atoms with Crippen LogP contribution in [0.25, 0.3) is 11.1 Å². The lowest BCUT2D eigenvalue weighted by molar-refractivity contribution is -0.292. The van der Waals surface area contributed by atoms with Crippen LogP contribution in [0.15, 0.2) is 41.2 Å². The Balaban J connectivity index is 1.07. The number of carbonyl (C=O) groups is 1. The van der Waals surface area contributed by atoms with Gasteiger partial charge in [0.1, 0.15) is 5.82 Å². The third-order valence-corrected chi connectivity index (χ3v) is 9.25. The summed E-state index contributed by atoms with van der Waals surface area (Å²) in [4.78, 5) is 28.7. The first-order valence-electron chi connectivity index (χ1n) is 15.6. The maximum absolute atomic E-state index is 13.9. The molecular formula is C32H36F5N5O3. The smallest absolute Gasteiger partial charge is 0.380 e. The van der Waals surface area contributed by atoms with Crippen molar-refractivity contribution in [2.75, 3.05) is 11.4 Å². The molecule has 3 aliphatic rings. The molecule has 1 amide bonds. The van der Waals surface area contributed by atoms with Crippen molar-refractivity contribution < 1.29 is 36.4 Å². The number of unbranched alkanes of at least 4 members (excludes halogenated alkanes) is 2. The lowest BCUT2D eigenvalue weighted by Gasteiger charge is -2.42. The van der Waals surface area contributed by atoms with Crippen LogP contribution in [0.5, 0.6) is 0 Å². The average Bonchev–Trinajstić information content (AvgIpc) is 3.74. The number of alkyl halides is 5. The number of carbonyl (C=O) groups excluding carboxylic acids is 1. The van der Waals surface area contributed by atoms with E-state index in [1.807, 2.05) is 24.3 Å². The van der Waals surface area contributed by atoms with Crippen LogP contribution in [0.4, 0.5) is 27.6 Å². The number of nitrogens with zero attached hydrogens (tertiary/aromatic N) is 5. The van der Waals surface area contributed by atoms with Crippen molar-refractivity contribution in [3.63, 3.8) is 0 Å². The number of halogens is 5. The number of hydrogen-bond donors (Lipinski definition) is 1. The summed E-state index contributed by atoms with van der Waals surface area (Å²) in [5.41, 5.74) is -0.336. The van der Waals surface area contributed by atoms with Crippen molar-refractivity contribution in [2.24, 2.45) is 5.92 Å². The molecule has 0 radical (unpaired) electrons. The second-order valence-corrected chi connectivity index (χ2v) is 12.8. The highest BCUT2D eigenvalue weighted by Gasteiger charge is 2.62. The predicted molar refractivity (Wildman–Crippen MR) is 154 cm³/mol. The van der Waals surface area contributed by atoms with Crippen LogP contribution in [-0.2, 0) is 11.2 Å². The molecule has 3 aromatic rings.